The molecule has 3 rings (SSSR count). The van der Waals surface area contributed by atoms with Gasteiger partial charge in [-0.1, -0.05) is 18.2 Å². The van der Waals surface area contributed by atoms with Crippen molar-refractivity contribution in [3.05, 3.63) is 48.5 Å². The number of benzene rings is 1. The number of carbonyl (C=O) groups excluding carboxylic acids is 1. The Kier molecular flexibility index (Phi) is 4.18. The molecule has 2 aromatic rings. The van der Waals surface area contributed by atoms with Crippen molar-refractivity contribution < 1.29 is 13.2 Å². The summed E-state index contributed by atoms with van der Waals surface area (Å²) < 4.78 is 26.2. The van der Waals surface area contributed by atoms with Gasteiger partial charge in [-0.05, 0) is 12.1 Å². The Bertz CT molecular complexity index is 793. The van der Waals surface area contributed by atoms with Crippen LogP contribution in [0.4, 0.5) is 0 Å². The van der Waals surface area contributed by atoms with Gasteiger partial charge in [0.2, 0.25) is 10.0 Å². The van der Waals surface area contributed by atoms with E-state index >= 15 is 0 Å². The third kappa shape index (κ3) is 3.27. The molecule has 0 unspecified atom stereocenters. The van der Waals surface area contributed by atoms with Crippen LogP contribution in [0.1, 0.15) is 10.5 Å². The van der Waals surface area contributed by atoms with E-state index in [0.717, 1.165) is 5.69 Å². The van der Waals surface area contributed by atoms with Gasteiger partial charge >= 0.3 is 0 Å². The predicted molar refractivity (Wildman–Crippen MR) is 85.9 cm³/mol. The number of hydrogen-bond acceptors (Lipinski definition) is 4. The number of sulfonamides is 1. The molecule has 1 aliphatic rings. The summed E-state index contributed by atoms with van der Waals surface area (Å²) in [5.41, 5.74) is 1.34. The van der Waals surface area contributed by atoms with Gasteiger partial charge < -0.3 is 4.90 Å². The highest BCUT2D eigenvalue weighted by Crippen LogP contribution is 2.15. The number of hydrogen-bond donors (Lipinski definition) is 0. The van der Waals surface area contributed by atoms with Crippen molar-refractivity contribution in [2.75, 3.05) is 32.4 Å². The molecule has 0 aliphatic carbocycles. The summed E-state index contributed by atoms with van der Waals surface area (Å²) >= 11 is 0. The number of imidazole rings is 1. The Hall–Kier alpha value is -2.19. The number of nitrogens with zero attached hydrogens (tertiary/aromatic N) is 4. The summed E-state index contributed by atoms with van der Waals surface area (Å²) in [6.07, 6.45) is 4.34. The third-order valence-electron chi connectivity index (χ3n) is 3.89. The Balaban J connectivity index is 1.77. The number of para-hydroxylation sites is 1. The van der Waals surface area contributed by atoms with Crippen molar-refractivity contribution in [3.63, 3.8) is 0 Å². The van der Waals surface area contributed by atoms with Gasteiger partial charge in [0.25, 0.3) is 5.91 Å². The Morgan fingerprint density at radius 3 is 2.35 bits per heavy atom. The van der Waals surface area contributed by atoms with Crippen molar-refractivity contribution in [1.29, 1.82) is 0 Å². The first-order valence-electron chi connectivity index (χ1n) is 7.29. The number of amides is 1. The highest BCUT2D eigenvalue weighted by molar-refractivity contribution is 7.88. The number of rotatable bonds is 3. The second kappa shape index (κ2) is 6.13. The molecule has 1 aromatic carbocycles. The van der Waals surface area contributed by atoms with Gasteiger partial charge in [0.1, 0.15) is 5.69 Å². The summed E-state index contributed by atoms with van der Waals surface area (Å²) in [6, 6.07) is 9.51. The molecule has 0 atom stereocenters. The maximum atomic E-state index is 12.7. The highest BCUT2D eigenvalue weighted by Gasteiger charge is 2.28. The van der Waals surface area contributed by atoms with Crippen LogP contribution in [0.25, 0.3) is 5.69 Å². The molecule has 122 valence electrons. The smallest absolute Gasteiger partial charge is 0.272 e. The van der Waals surface area contributed by atoms with E-state index < -0.39 is 10.0 Å². The summed E-state index contributed by atoms with van der Waals surface area (Å²) in [5.74, 6) is -0.139. The summed E-state index contributed by atoms with van der Waals surface area (Å²) in [4.78, 5) is 18.5. The van der Waals surface area contributed by atoms with Crippen LogP contribution in [-0.2, 0) is 10.0 Å². The van der Waals surface area contributed by atoms with Crippen molar-refractivity contribution in [3.8, 4) is 5.69 Å². The molecular formula is C15H18N4O3S. The molecule has 0 radical (unpaired) electrons. The van der Waals surface area contributed by atoms with Crippen LogP contribution in [0.3, 0.4) is 0 Å². The fourth-order valence-corrected chi connectivity index (χ4v) is 3.46. The lowest BCUT2D eigenvalue weighted by Crippen LogP contribution is -2.50. The minimum atomic E-state index is -3.20. The lowest BCUT2D eigenvalue weighted by molar-refractivity contribution is 0.0690. The second-order valence-corrected chi connectivity index (χ2v) is 7.42. The molecule has 1 amide bonds. The SMILES string of the molecule is CS(=O)(=O)N1CCN(C(=O)c2cncn2-c2ccccc2)CC1. The largest absolute Gasteiger partial charge is 0.335 e. The van der Waals surface area contributed by atoms with Gasteiger partial charge in [-0.25, -0.2) is 13.4 Å². The van der Waals surface area contributed by atoms with Crippen LogP contribution in [0, 0.1) is 0 Å². The number of piperazine rings is 1. The molecule has 1 aliphatic heterocycles. The second-order valence-electron chi connectivity index (χ2n) is 5.44. The maximum Gasteiger partial charge on any atom is 0.272 e. The zero-order valence-corrected chi connectivity index (χ0v) is 13.6. The molecule has 1 fully saturated rings. The fraction of sp³-hybridized carbons (Fsp3) is 0.333. The average molecular weight is 334 g/mol. The van der Waals surface area contributed by atoms with Gasteiger partial charge in [-0.3, -0.25) is 9.36 Å². The maximum absolute atomic E-state index is 12.7. The van der Waals surface area contributed by atoms with E-state index in [1.807, 2.05) is 30.3 Å². The quantitative estimate of drug-likeness (QED) is 0.823. The molecule has 8 heteroatoms. The lowest BCUT2D eigenvalue weighted by atomic mass is 10.3. The molecule has 0 bridgehead atoms. The normalized spacial score (nSPS) is 16.5. The van der Waals surface area contributed by atoms with E-state index in [1.165, 1.54) is 16.8 Å². The Morgan fingerprint density at radius 1 is 1.09 bits per heavy atom. The van der Waals surface area contributed by atoms with Crippen LogP contribution in [-0.4, -0.2) is 65.5 Å². The minimum absolute atomic E-state index is 0.139. The number of carbonyl (C=O) groups is 1. The van der Waals surface area contributed by atoms with Crippen molar-refractivity contribution in [1.82, 2.24) is 18.8 Å². The van der Waals surface area contributed by atoms with Crippen molar-refractivity contribution in [2.24, 2.45) is 0 Å². The minimum Gasteiger partial charge on any atom is -0.335 e. The summed E-state index contributed by atoms with van der Waals surface area (Å²) in [5, 5.41) is 0. The molecule has 1 aromatic heterocycles. The van der Waals surface area contributed by atoms with Crippen LogP contribution >= 0.6 is 0 Å². The van der Waals surface area contributed by atoms with Crippen LogP contribution < -0.4 is 0 Å². The lowest BCUT2D eigenvalue weighted by Gasteiger charge is -2.33. The molecule has 2 heterocycles. The average Bonchev–Trinajstić information content (AvgIpc) is 3.04. The van der Waals surface area contributed by atoms with E-state index in [0.29, 0.717) is 31.9 Å². The van der Waals surface area contributed by atoms with Gasteiger partial charge in [-0.2, -0.15) is 4.31 Å². The third-order valence-corrected chi connectivity index (χ3v) is 5.19. The van der Waals surface area contributed by atoms with Gasteiger partial charge in [-0.15, -0.1) is 0 Å². The summed E-state index contributed by atoms with van der Waals surface area (Å²) in [7, 11) is -3.20. The fourth-order valence-electron chi connectivity index (χ4n) is 2.63. The monoisotopic (exact) mass is 334 g/mol. The zero-order valence-electron chi connectivity index (χ0n) is 12.8. The highest BCUT2D eigenvalue weighted by atomic mass is 32.2. The first kappa shape index (κ1) is 15.7. The van der Waals surface area contributed by atoms with E-state index in [9.17, 15) is 13.2 Å². The topological polar surface area (TPSA) is 75.5 Å². The van der Waals surface area contributed by atoms with Crippen molar-refractivity contribution in [2.45, 2.75) is 0 Å². The molecule has 7 nitrogen and oxygen atoms in total. The van der Waals surface area contributed by atoms with Gasteiger partial charge in [0.05, 0.1) is 18.8 Å². The van der Waals surface area contributed by atoms with Crippen molar-refractivity contribution >= 4 is 15.9 Å². The Labute approximate surface area is 135 Å². The van der Waals surface area contributed by atoms with Crippen LogP contribution in [0.2, 0.25) is 0 Å². The standard InChI is InChI=1S/C15H18N4O3S/c1-23(21,22)18-9-7-17(8-10-18)15(20)14-11-16-12-19(14)13-5-3-2-4-6-13/h2-6,11-12H,7-10H2,1H3. The van der Waals surface area contributed by atoms with Gasteiger partial charge in [0, 0.05) is 31.9 Å². The predicted octanol–water partition coefficient (Wildman–Crippen LogP) is 0.590. The van der Waals surface area contributed by atoms with E-state index in [1.54, 1.807) is 15.8 Å². The molecular weight excluding hydrogens is 316 g/mol. The molecule has 1 saturated heterocycles. The van der Waals surface area contributed by atoms with E-state index in [-0.39, 0.29) is 5.91 Å². The van der Waals surface area contributed by atoms with E-state index in [2.05, 4.69) is 4.98 Å². The van der Waals surface area contributed by atoms with Crippen LogP contribution in [0.15, 0.2) is 42.9 Å². The first-order valence-corrected chi connectivity index (χ1v) is 9.14. The van der Waals surface area contributed by atoms with Gasteiger partial charge in [0.15, 0.2) is 0 Å². The van der Waals surface area contributed by atoms with E-state index in [4.69, 9.17) is 0 Å². The van der Waals surface area contributed by atoms with Crippen LogP contribution in [0.5, 0.6) is 0 Å². The first-order chi connectivity index (χ1) is 11.0. The molecule has 0 saturated carbocycles. The molecule has 23 heavy (non-hydrogen) atoms. The summed E-state index contributed by atoms with van der Waals surface area (Å²) in [6.45, 7) is 1.41. The Morgan fingerprint density at radius 2 is 1.74 bits per heavy atom. The number of aromatic nitrogens is 2. The zero-order chi connectivity index (χ0) is 16.4. The molecule has 0 N–H and O–H groups in total. The molecule has 0 spiro atoms.